The Morgan fingerprint density at radius 1 is 1.20 bits per heavy atom. The predicted molar refractivity (Wildman–Crippen MR) is 102 cm³/mol. The van der Waals surface area contributed by atoms with E-state index < -0.39 is 0 Å². The zero-order chi connectivity index (χ0) is 17.4. The minimum atomic E-state index is -0.292. The summed E-state index contributed by atoms with van der Waals surface area (Å²) >= 11 is 1.83. The van der Waals surface area contributed by atoms with Crippen LogP contribution in [-0.4, -0.2) is 70.4 Å². The van der Waals surface area contributed by atoms with Crippen LogP contribution in [0.1, 0.15) is 26.2 Å². The minimum absolute atomic E-state index is 0.0758. The molecule has 3 heterocycles. The maximum Gasteiger partial charge on any atom is 0.219 e. The Morgan fingerprint density at radius 2 is 1.92 bits per heavy atom. The number of anilines is 1. The van der Waals surface area contributed by atoms with Crippen molar-refractivity contribution in [2.24, 2.45) is 0 Å². The zero-order valence-electron chi connectivity index (χ0n) is 14.8. The highest BCUT2D eigenvalue weighted by Gasteiger charge is 2.52. The fourth-order valence-corrected chi connectivity index (χ4v) is 5.92. The van der Waals surface area contributed by atoms with Gasteiger partial charge in [0.15, 0.2) is 0 Å². The van der Waals surface area contributed by atoms with Crippen molar-refractivity contribution in [3.05, 3.63) is 30.3 Å². The molecule has 3 aliphatic heterocycles. The van der Waals surface area contributed by atoms with E-state index in [9.17, 15) is 9.90 Å². The van der Waals surface area contributed by atoms with Gasteiger partial charge in [0.05, 0.1) is 17.4 Å². The summed E-state index contributed by atoms with van der Waals surface area (Å²) in [5.41, 5.74) is 1.18. The molecule has 0 unspecified atom stereocenters. The summed E-state index contributed by atoms with van der Waals surface area (Å²) in [4.78, 5) is 16.0. The monoisotopic (exact) mass is 361 g/mol. The summed E-state index contributed by atoms with van der Waals surface area (Å²) in [7, 11) is 0. The molecule has 3 saturated heterocycles. The highest BCUT2D eigenvalue weighted by Crippen LogP contribution is 2.48. The number of carbonyl (C=O) groups is 1. The van der Waals surface area contributed by atoms with Gasteiger partial charge in [-0.25, -0.2) is 0 Å². The Bertz CT molecular complexity index is 620. The first-order chi connectivity index (χ1) is 12.1. The van der Waals surface area contributed by atoms with Gasteiger partial charge in [0.25, 0.3) is 0 Å². The molecule has 25 heavy (non-hydrogen) atoms. The number of β-amino-alcohol motifs (C(OH)–C–C–N with tert-alkyl or cyclic N) is 1. The van der Waals surface area contributed by atoms with E-state index in [0.29, 0.717) is 12.6 Å². The smallest absolute Gasteiger partial charge is 0.219 e. The SMILES string of the molecule is CC(=O)N1CCC(N2CC[C@]3(C2)SN(c2ccccc2)C[C@H]3O)CC1. The Labute approximate surface area is 154 Å². The van der Waals surface area contributed by atoms with Crippen LogP contribution in [0.5, 0.6) is 0 Å². The molecule has 1 aromatic rings. The van der Waals surface area contributed by atoms with Crippen LogP contribution in [0.3, 0.4) is 0 Å². The first kappa shape index (κ1) is 17.2. The number of hydrogen-bond donors (Lipinski definition) is 1. The fraction of sp³-hybridized carbons (Fsp3) is 0.632. The first-order valence-corrected chi connectivity index (χ1v) is 10.0. The van der Waals surface area contributed by atoms with Gasteiger partial charge < -0.3 is 14.3 Å². The average Bonchev–Trinajstić information content (AvgIpc) is 3.21. The molecule has 0 radical (unpaired) electrons. The highest BCUT2D eigenvalue weighted by atomic mass is 32.2. The summed E-state index contributed by atoms with van der Waals surface area (Å²) < 4.78 is 2.18. The molecule has 2 atom stereocenters. The van der Waals surface area contributed by atoms with Crippen molar-refractivity contribution in [3.8, 4) is 0 Å². The maximum absolute atomic E-state index is 11.5. The van der Waals surface area contributed by atoms with Gasteiger partial charge in [-0.2, -0.15) is 0 Å². The van der Waals surface area contributed by atoms with Gasteiger partial charge >= 0.3 is 0 Å². The van der Waals surface area contributed by atoms with Crippen molar-refractivity contribution < 1.29 is 9.90 Å². The largest absolute Gasteiger partial charge is 0.390 e. The average molecular weight is 362 g/mol. The van der Waals surface area contributed by atoms with Gasteiger partial charge in [-0.05, 0) is 43.3 Å². The molecule has 5 nitrogen and oxygen atoms in total. The zero-order valence-corrected chi connectivity index (χ0v) is 15.6. The summed E-state index contributed by atoms with van der Waals surface area (Å²) in [6.07, 6.45) is 2.85. The number of aliphatic hydroxyl groups excluding tert-OH is 1. The molecule has 0 aliphatic carbocycles. The van der Waals surface area contributed by atoms with E-state index in [1.807, 2.05) is 22.9 Å². The summed E-state index contributed by atoms with van der Waals surface area (Å²) in [6.45, 7) is 6.11. The second kappa shape index (κ2) is 6.82. The normalized spacial score (nSPS) is 31.2. The van der Waals surface area contributed by atoms with Crippen LogP contribution in [0.4, 0.5) is 5.69 Å². The maximum atomic E-state index is 11.5. The lowest BCUT2D eigenvalue weighted by molar-refractivity contribution is -0.130. The quantitative estimate of drug-likeness (QED) is 0.816. The molecule has 0 saturated carbocycles. The van der Waals surface area contributed by atoms with Gasteiger partial charge in [0.2, 0.25) is 5.91 Å². The minimum Gasteiger partial charge on any atom is -0.390 e. The number of nitrogens with zero attached hydrogens (tertiary/aromatic N) is 3. The molecule has 1 N–H and O–H groups in total. The lowest BCUT2D eigenvalue weighted by atomic mass is 10.00. The van der Waals surface area contributed by atoms with Crippen molar-refractivity contribution in [1.29, 1.82) is 0 Å². The molecule has 0 aromatic heterocycles. The third-order valence-corrected chi connectivity index (χ3v) is 7.55. The molecule has 1 aromatic carbocycles. The number of amides is 1. The van der Waals surface area contributed by atoms with E-state index in [-0.39, 0.29) is 16.8 Å². The molecule has 6 heteroatoms. The molecule has 0 bridgehead atoms. The second-order valence-corrected chi connectivity index (χ2v) is 8.96. The molecule has 3 aliphatic rings. The van der Waals surface area contributed by atoms with Crippen molar-refractivity contribution in [2.75, 3.05) is 37.0 Å². The van der Waals surface area contributed by atoms with Gasteiger partial charge in [-0.15, -0.1) is 0 Å². The molecule has 136 valence electrons. The van der Waals surface area contributed by atoms with Crippen LogP contribution in [0.25, 0.3) is 0 Å². The van der Waals surface area contributed by atoms with Crippen LogP contribution in [0.15, 0.2) is 30.3 Å². The van der Waals surface area contributed by atoms with Crippen molar-refractivity contribution in [2.45, 2.75) is 43.1 Å². The summed E-state index contributed by atoms with van der Waals surface area (Å²) in [5, 5.41) is 10.8. The van der Waals surface area contributed by atoms with E-state index in [1.165, 1.54) is 5.69 Å². The number of hydrogen-bond acceptors (Lipinski definition) is 5. The fourth-order valence-electron chi connectivity index (χ4n) is 4.43. The molecule has 1 spiro atoms. The van der Waals surface area contributed by atoms with Gasteiger partial charge in [-0.1, -0.05) is 18.2 Å². The lowest BCUT2D eigenvalue weighted by Crippen LogP contribution is -2.47. The number of benzene rings is 1. The van der Waals surface area contributed by atoms with Gasteiger partial charge in [-0.3, -0.25) is 9.69 Å². The summed E-state index contributed by atoms with van der Waals surface area (Å²) in [5.74, 6) is 0.191. The van der Waals surface area contributed by atoms with Crippen molar-refractivity contribution in [1.82, 2.24) is 9.80 Å². The van der Waals surface area contributed by atoms with E-state index in [1.54, 1.807) is 6.92 Å². The number of likely N-dealkylation sites (tertiary alicyclic amines) is 2. The summed E-state index contributed by atoms with van der Waals surface area (Å²) in [6, 6.07) is 10.9. The molecular weight excluding hydrogens is 334 g/mol. The van der Waals surface area contributed by atoms with Crippen LogP contribution in [0, 0.1) is 0 Å². The van der Waals surface area contributed by atoms with Gasteiger partial charge in [0, 0.05) is 44.8 Å². The number of para-hydroxylation sites is 1. The van der Waals surface area contributed by atoms with Crippen LogP contribution in [-0.2, 0) is 4.79 Å². The Morgan fingerprint density at radius 3 is 2.60 bits per heavy atom. The third kappa shape index (κ3) is 3.27. The van der Waals surface area contributed by atoms with E-state index in [0.717, 1.165) is 45.4 Å². The number of piperidine rings is 1. The first-order valence-electron chi connectivity index (χ1n) is 9.27. The van der Waals surface area contributed by atoms with E-state index in [4.69, 9.17) is 0 Å². The van der Waals surface area contributed by atoms with Crippen LogP contribution < -0.4 is 4.31 Å². The lowest BCUT2D eigenvalue weighted by Gasteiger charge is -2.37. The van der Waals surface area contributed by atoms with Gasteiger partial charge in [0.1, 0.15) is 0 Å². The van der Waals surface area contributed by atoms with Crippen LogP contribution >= 0.6 is 11.9 Å². The van der Waals surface area contributed by atoms with Crippen LogP contribution in [0.2, 0.25) is 0 Å². The standard InChI is InChI=1S/C19H27N3O2S/c1-15(23)20-10-7-16(8-11-20)21-12-9-19(14-21)18(24)13-22(25-19)17-5-3-2-4-6-17/h2-6,16,18,24H,7-14H2,1H3/t18-,19-/m1/s1. The molecule has 4 rings (SSSR count). The topological polar surface area (TPSA) is 47.0 Å². The number of carbonyl (C=O) groups excluding carboxylic acids is 1. The molecule has 1 amide bonds. The molecular formula is C19H27N3O2S. The highest BCUT2D eigenvalue weighted by molar-refractivity contribution is 8.02. The van der Waals surface area contributed by atoms with E-state index in [2.05, 4.69) is 33.5 Å². The predicted octanol–water partition coefficient (Wildman–Crippen LogP) is 1.97. The molecule has 3 fully saturated rings. The Kier molecular flexibility index (Phi) is 4.69. The number of rotatable bonds is 2. The van der Waals surface area contributed by atoms with Crippen molar-refractivity contribution in [3.63, 3.8) is 0 Å². The Balaban J connectivity index is 1.39. The Hall–Kier alpha value is -1.24. The second-order valence-electron chi connectivity index (χ2n) is 7.53. The number of aliphatic hydroxyl groups is 1. The van der Waals surface area contributed by atoms with E-state index >= 15 is 0 Å². The van der Waals surface area contributed by atoms with Crippen molar-refractivity contribution >= 4 is 23.5 Å². The third-order valence-electron chi connectivity index (χ3n) is 6.00.